The van der Waals surface area contributed by atoms with E-state index in [4.69, 9.17) is 20.2 Å². The summed E-state index contributed by atoms with van der Waals surface area (Å²) in [6.07, 6.45) is 3.37. The number of benzene rings is 1. The van der Waals surface area contributed by atoms with Crippen LogP contribution in [0.2, 0.25) is 0 Å². The Labute approximate surface area is 269 Å². The molecule has 3 atom stereocenters. The van der Waals surface area contributed by atoms with Gasteiger partial charge in [-0.1, -0.05) is 26.0 Å². The predicted octanol–water partition coefficient (Wildman–Crippen LogP) is 5.41. The van der Waals surface area contributed by atoms with Crippen LogP contribution in [0.25, 0.3) is 32.2 Å². The lowest BCUT2D eigenvalue weighted by molar-refractivity contribution is 0.0977. The smallest absolute Gasteiger partial charge is 0.319 e. The molecule has 13 heteroatoms. The summed E-state index contributed by atoms with van der Waals surface area (Å²) in [5, 5.41) is 14.8. The van der Waals surface area contributed by atoms with Crippen molar-refractivity contribution < 1.29 is 18.3 Å². The number of nitrogens with one attached hydrogen (secondary N) is 1. The molecular formula is C33H36F2N8O2S. The van der Waals surface area contributed by atoms with Crippen molar-refractivity contribution in [3.8, 4) is 29.2 Å². The molecule has 0 spiro atoms. The lowest BCUT2D eigenvalue weighted by Crippen LogP contribution is -2.51. The van der Waals surface area contributed by atoms with Crippen LogP contribution in [0.15, 0.2) is 30.1 Å². The molecule has 240 valence electrons. The highest BCUT2D eigenvalue weighted by molar-refractivity contribution is 7.23. The molecule has 6 heterocycles. The molecule has 0 aliphatic carbocycles. The molecule has 0 unspecified atom stereocenters. The lowest BCUT2D eigenvalue weighted by atomic mass is 9.78. The number of pyridine rings is 1. The van der Waals surface area contributed by atoms with E-state index in [2.05, 4.69) is 38.1 Å². The van der Waals surface area contributed by atoms with Crippen molar-refractivity contribution in [2.24, 2.45) is 5.41 Å². The van der Waals surface area contributed by atoms with Crippen molar-refractivity contribution in [1.29, 1.82) is 5.26 Å². The Morgan fingerprint density at radius 1 is 1.22 bits per heavy atom. The molecule has 0 amide bonds. The van der Waals surface area contributed by atoms with Gasteiger partial charge in [-0.05, 0) is 37.4 Å². The maximum Gasteiger partial charge on any atom is 0.319 e. The minimum atomic E-state index is -0.686. The second-order valence-electron chi connectivity index (χ2n) is 12.6. The Morgan fingerprint density at radius 2 is 2.00 bits per heavy atom. The highest BCUT2D eigenvalue weighted by Gasteiger charge is 2.38. The van der Waals surface area contributed by atoms with Gasteiger partial charge in [-0.15, -0.1) is 11.3 Å². The summed E-state index contributed by atoms with van der Waals surface area (Å²) in [5.74, 6) is -0.0406. The number of piperazine rings is 1. The number of aromatic nitrogens is 3. The van der Waals surface area contributed by atoms with Gasteiger partial charge < -0.3 is 30.3 Å². The van der Waals surface area contributed by atoms with Gasteiger partial charge in [0.2, 0.25) is 5.88 Å². The molecule has 10 nitrogen and oxygen atoms in total. The molecule has 0 radical (unpaired) electrons. The molecule has 3 saturated heterocycles. The van der Waals surface area contributed by atoms with Gasteiger partial charge >= 0.3 is 6.01 Å². The Hall–Kier alpha value is -4.12. The third-order valence-electron chi connectivity index (χ3n) is 9.68. The molecule has 3 aliphatic heterocycles. The first kappa shape index (κ1) is 30.5. The van der Waals surface area contributed by atoms with Crippen molar-refractivity contribution >= 4 is 43.1 Å². The van der Waals surface area contributed by atoms with Crippen molar-refractivity contribution in [3.63, 3.8) is 0 Å². The standard InChI is InChI=1S/C33H36F2N8O2S/c1-4-42-11-10-18(12-34)33(2,16-42)17-45-32-40-28-25(30(41-32)43-14-19-8-9-20(15-43)38-19)31(44-3)39-27(26(28)35)21-6-5-7-23-24(21)22(13-36)29(37)46-23/h5-7,12,19-20,38H,4,8-11,14-17,37H2,1-3H3/b18-12+/t19-,20+,33-/m0/s1. The third-order valence-corrected chi connectivity index (χ3v) is 10.7. The van der Waals surface area contributed by atoms with Gasteiger partial charge in [-0.25, -0.2) is 13.8 Å². The molecule has 0 saturated carbocycles. The fourth-order valence-electron chi connectivity index (χ4n) is 7.24. The van der Waals surface area contributed by atoms with E-state index in [1.807, 2.05) is 13.0 Å². The number of rotatable bonds is 7. The van der Waals surface area contributed by atoms with Crippen LogP contribution >= 0.6 is 11.3 Å². The van der Waals surface area contributed by atoms with Gasteiger partial charge in [0.25, 0.3) is 0 Å². The highest BCUT2D eigenvalue weighted by Crippen LogP contribution is 2.44. The number of anilines is 2. The molecule has 3 fully saturated rings. The summed E-state index contributed by atoms with van der Waals surface area (Å²) in [6.45, 7) is 7.75. The maximum absolute atomic E-state index is 16.9. The Kier molecular flexibility index (Phi) is 7.91. The summed E-state index contributed by atoms with van der Waals surface area (Å²) < 4.78 is 43.8. The fraction of sp³-hybridized carbons (Fsp3) is 0.455. The molecule has 3 aliphatic rings. The summed E-state index contributed by atoms with van der Waals surface area (Å²) >= 11 is 1.27. The van der Waals surface area contributed by atoms with Crippen LogP contribution in [0.5, 0.6) is 11.9 Å². The minimum absolute atomic E-state index is 0.00307. The number of fused-ring (bicyclic) bond motifs is 4. The maximum atomic E-state index is 16.9. The van der Waals surface area contributed by atoms with Crippen LogP contribution in [-0.2, 0) is 0 Å². The highest BCUT2D eigenvalue weighted by atomic mass is 32.1. The molecular weight excluding hydrogens is 610 g/mol. The number of nitrogens with zero attached hydrogens (tertiary/aromatic N) is 6. The molecule has 2 bridgehead atoms. The van der Waals surface area contributed by atoms with Gasteiger partial charge in [-0.3, -0.25) is 0 Å². The average Bonchev–Trinajstić information content (AvgIpc) is 3.59. The topological polar surface area (TPSA) is 125 Å². The Bertz CT molecular complexity index is 1900. The van der Waals surface area contributed by atoms with Gasteiger partial charge in [0.1, 0.15) is 40.1 Å². The Balaban J connectivity index is 1.40. The number of ether oxygens (including phenoxy) is 2. The number of halogens is 2. The van der Waals surface area contributed by atoms with E-state index in [-0.39, 0.29) is 47.4 Å². The fourth-order valence-corrected chi connectivity index (χ4v) is 8.19. The molecule has 3 aromatic heterocycles. The lowest BCUT2D eigenvalue weighted by Gasteiger charge is -2.41. The molecule has 3 N–H and O–H groups in total. The van der Waals surface area contributed by atoms with Gasteiger partial charge in [-0.2, -0.15) is 15.2 Å². The van der Waals surface area contributed by atoms with Crippen LogP contribution in [0, 0.1) is 22.6 Å². The first-order valence-corrected chi connectivity index (χ1v) is 16.4. The largest absolute Gasteiger partial charge is 0.480 e. The molecule has 46 heavy (non-hydrogen) atoms. The van der Waals surface area contributed by atoms with Crippen LogP contribution in [-0.4, -0.2) is 78.4 Å². The number of nitrogens with two attached hydrogens (primary N) is 1. The van der Waals surface area contributed by atoms with Crippen molar-refractivity contribution in [2.45, 2.75) is 45.2 Å². The zero-order valence-electron chi connectivity index (χ0n) is 26.1. The van der Waals surface area contributed by atoms with Gasteiger partial charge in [0.15, 0.2) is 5.82 Å². The predicted molar refractivity (Wildman–Crippen MR) is 175 cm³/mol. The van der Waals surface area contributed by atoms with E-state index < -0.39 is 11.2 Å². The van der Waals surface area contributed by atoms with E-state index in [9.17, 15) is 9.65 Å². The monoisotopic (exact) mass is 646 g/mol. The number of likely N-dealkylation sites (tertiary alicyclic amines) is 1. The second-order valence-corrected chi connectivity index (χ2v) is 13.7. The number of hydrogen-bond donors (Lipinski definition) is 2. The summed E-state index contributed by atoms with van der Waals surface area (Å²) in [7, 11) is 1.48. The summed E-state index contributed by atoms with van der Waals surface area (Å²) in [5.41, 5.74) is 6.90. The number of nitrogen functional groups attached to an aromatic ring is 1. The first-order valence-electron chi connectivity index (χ1n) is 15.6. The van der Waals surface area contributed by atoms with E-state index in [1.165, 1.54) is 18.4 Å². The van der Waals surface area contributed by atoms with E-state index in [0.717, 1.165) is 30.6 Å². The zero-order chi connectivity index (χ0) is 32.2. The SMILES string of the molecule is CCN1CC/C(=C\F)[C@](C)(COc2nc(N3C[C@H]4CC[C@@H](C3)N4)c3c(OC)nc(-c4cccc5sc(N)c(C#N)c45)c(F)c3n2)C1. The number of thiophene rings is 1. The number of piperidine rings is 1. The van der Waals surface area contributed by atoms with E-state index in [1.54, 1.807) is 12.1 Å². The number of nitriles is 1. The van der Waals surface area contributed by atoms with E-state index in [0.29, 0.717) is 65.1 Å². The first-order chi connectivity index (χ1) is 22.3. The normalized spacial score (nSPS) is 24.2. The minimum Gasteiger partial charge on any atom is -0.480 e. The zero-order valence-corrected chi connectivity index (χ0v) is 26.9. The summed E-state index contributed by atoms with van der Waals surface area (Å²) in [4.78, 5) is 18.5. The van der Waals surface area contributed by atoms with Crippen LogP contribution in [0.4, 0.5) is 19.6 Å². The number of methoxy groups -OCH3 is 1. The third kappa shape index (κ3) is 5.09. The summed E-state index contributed by atoms with van der Waals surface area (Å²) in [6, 6.07) is 8.06. The second kappa shape index (κ2) is 11.9. The quantitative estimate of drug-likeness (QED) is 0.269. The molecule has 1 aromatic carbocycles. The van der Waals surface area contributed by atoms with Gasteiger partial charge in [0.05, 0.1) is 19.0 Å². The van der Waals surface area contributed by atoms with Crippen LogP contribution < -0.4 is 25.4 Å². The van der Waals surface area contributed by atoms with Crippen LogP contribution in [0.3, 0.4) is 0 Å². The molecule has 4 aromatic rings. The van der Waals surface area contributed by atoms with Crippen molar-refractivity contribution in [3.05, 3.63) is 41.5 Å². The van der Waals surface area contributed by atoms with Crippen molar-refractivity contribution in [1.82, 2.24) is 25.2 Å². The van der Waals surface area contributed by atoms with Gasteiger partial charge in [0, 0.05) is 59.3 Å². The number of hydrogen-bond acceptors (Lipinski definition) is 11. The van der Waals surface area contributed by atoms with Crippen LogP contribution in [0.1, 0.15) is 38.7 Å². The average molecular weight is 647 g/mol. The van der Waals surface area contributed by atoms with Crippen molar-refractivity contribution in [2.75, 3.05) is 57.1 Å². The Morgan fingerprint density at radius 3 is 2.70 bits per heavy atom. The van der Waals surface area contributed by atoms with E-state index >= 15 is 4.39 Å². The molecule has 7 rings (SSSR count).